The van der Waals surface area contributed by atoms with Gasteiger partial charge in [-0.3, -0.25) is 4.79 Å². The number of thiazole rings is 1. The first kappa shape index (κ1) is 16.9. The Morgan fingerprint density at radius 2 is 2.08 bits per heavy atom. The molecule has 3 rings (SSSR count). The van der Waals surface area contributed by atoms with Crippen molar-refractivity contribution in [3.8, 4) is 0 Å². The zero-order valence-electron chi connectivity index (χ0n) is 14.4. The average Bonchev–Trinajstić information content (AvgIpc) is 3.25. The molecule has 0 unspecified atom stereocenters. The quantitative estimate of drug-likeness (QED) is 0.683. The molecule has 0 fully saturated rings. The van der Waals surface area contributed by atoms with Gasteiger partial charge in [0, 0.05) is 28.7 Å². The lowest BCUT2D eigenvalue weighted by atomic mass is 10.2. The summed E-state index contributed by atoms with van der Waals surface area (Å²) >= 11 is 3.35. The van der Waals surface area contributed by atoms with Crippen LogP contribution in [-0.4, -0.2) is 27.4 Å². The number of thiophene rings is 1. The van der Waals surface area contributed by atoms with Crippen molar-refractivity contribution >= 4 is 28.6 Å². The van der Waals surface area contributed by atoms with Crippen LogP contribution in [-0.2, 0) is 13.1 Å². The number of carbonyl (C=O) groups excluding carboxylic acids is 1. The molecule has 3 aromatic rings. The highest BCUT2D eigenvalue weighted by molar-refractivity contribution is 7.10. The van der Waals surface area contributed by atoms with Gasteiger partial charge in [0.1, 0.15) is 0 Å². The zero-order chi connectivity index (χ0) is 17.3. The molecule has 4 nitrogen and oxygen atoms in total. The van der Waals surface area contributed by atoms with Gasteiger partial charge in [0.25, 0.3) is 5.91 Å². The number of rotatable bonds is 5. The summed E-state index contributed by atoms with van der Waals surface area (Å²) in [7, 11) is 1.84. The molecule has 0 saturated carbocycles. The fraction of sp³-hybridized carbons (Fsp3) is 0.333. The minimum Gasteiger partial charge on any atom is -0.343 e. The summed E-state index contributed by atoms with van der Waals surface area (Å²) in [6, 6.07) is 6.18. The van der Waals surface area contributed by atoms with E-state index in [9.17, 15) is 4.79 Å². The molecule has 0 saturated heterocycles. The first-order valence-corrected chi connectivity index (χ1v) is 9.57. The lowest BCUT2D eigenvalue weighted by Gasteiger charge is -2.16. The standard InChI is InChI=1S/C18H21N3OS2/c1-12-8-17(13(2)21(12)10-16-6-5-7-23-16)18(22)20(4)9-15-11-24-14(3)19-15/h5-8,11H,9-10H2,1-4H3. The van der Waals surface area contributed by atoms with Gasteiger partial charge in [0.05, 0.1) is 29.4 Å². The second-order valence-corrected chi connectivity index (χ2v) is 8.06. The van der Waals surface area contributed by atoms with Crippen molar-refractivity contribution in [1.29, 1.82) is 0 Å². The van der Waals surface area contributed by atoms with Gasteiger partial charge < -0.3 is 9.47 Å². The Labute approximate surface area is 150 Å². The van der Waals surface area contributed by atoms with Crippen LogP contribution in [0.15, 0.2) is 29.0 Å². The van der Waals surface area contributed by atoms with E-state index >= 15 is 0 Å². The molecule has 0 spiro atoms. The van der Waals surface area contributed by atoms with E-state index in [1.54, 1.807) is 27.6 Å². The van der Waals surface area contributed by atoms with E-state index in [1.165, 1.54) is 4.88 Å². The molecule has 6 heteroatoms. The molecule has 1 amide bonds. The van der Waals surface area contributed by atoms with Gasteiger partial charge in [-0.15, -0.1) is 22.7 Å². The van der Waals surface area contributed by atoms with Crippen LogP contribution >= 0.6 is 22.7 Å². The normalized spacial score (nSPS) is 11.0. The second-order valence-electron chi connectivity index (χ2n) is 5.97. The Morgan fingerprint density at radius 3 is 2.71 bits per heavy atom. The fourth-order valence-corrected chi connectivity index (χ4v) is 4.12. The largest absolute Gasteiger partial charge is 0.343 e. The van der Waals surface area contributed by atoms with Crippen molar-refractivity contribution < 1.29 is 4.79 Å². The van der Waals surface area contributed by atoms with Crippen LogP contribution in [0.4, 0.5) is 0 Å². The van der Waals surface area contributed by atoms with Crippen LogP contribution in [0.25, 0.3) is 0 Å². The second kappa shape index (κ2) is 6.91. The highest BCUT2D eigenvalue weighted by atomic mass is 32.1. The summed E-state index contributed by atoms with van der Waals surface area (Å²) in [5, 5.41) is 5.12. The number of carbonyl (C=O) groups is 1. The summed E-state index contributed by atoms with van der Waals surface area (Å²) in [6.45, 7) is 7.42. The third-order valence-electron chi connectivity index (χ3n) is 4.11. The van der Waals surface area contributed by atoms with Gasteiger partial charge in [0.15, 0.2) is 0 Å². The predicted octanol–water partition coefficient (Wildman–Crippen LogP) is 4.25. The number of nitrogens with zero attached hydrogens (tertiary/aromatic N) is 3. The molecule has 0 aromatic carbocycles. The van der Waals surface area contributed by atoms with Gasteiger partial charge in [0.2, 0.25) is 0 Å². The molecule has 3 aromatic heterocycles. The monoisotopic (exact) mass is 359 g/mol. The minimum atomic E-state index is 0.0474. The Bertz CT molecular complexity index is 846. The molecular formula is C18H21N3OS2. The lowest BCUT2D eigenvalue weighted by Crippen LogP contribution is -2.26. The van der Waals surface area contributed by atoms with Crippen LogP contribution in [0.3, 0.4) is 0 Å². The molecule has 126 valence electrons. The lowest BCUT2D eigenvalue weighted by molar-refractivity contribution is 0.0782. The number of amides is 1. The Hall–Kier alpha value is -1.92. The van der Waals surface area contributed by atoms with Crippen LogP contribution in [0.1, 0.15) is 37.3 Å². The van der Waals surface area contributed by atoms with E-state index in [1.807, 2.05) is 32.3 Å². The summed E-state index contributed by atoms with van der Waals surface area (Å²) in [4.78, 5) is 20.3. The number of aryl methyl sites for hydroxylation is 2. The Balaban J connectivity index is 1.79. The van der Waals surface area contributed by atoms with Crippen LogP contribution in [0.5, 0.6) is 0 Å². The third-order valence-corrected chi connectivity index (χ3v) is 5.79. The highest BCUT2D eigenvalue weighted by Gasteiger charge is 2.20. The molecule has 24 heavy (non-hydrogen) atoms. The molecule has 0 radical (unpaired) electrons. The summed E-state index contributed by atoms with van der Waals surface area (Å²) in [6.07, 6.45) is 0. The van der Waals surface area contributed by atoms with E-state index < -0.39 is 0 Å². The Kier molecular flexibility index (Phi) is 4.87. The minimum absolute atomic E-state index is 0.0474. The predicted molar refractivity (Wildman–Crippen MR) is 100.0 cm³/mol. The van der Waals surface area contributed by atoms with Crippen molar-refractivity contribution in [3.63, 3.8) is 0 Å². The molecular weight excluding hydrogens is 338 g/mol. The molecule has 0 aliphatic carbocycles. The first-order chi connectivity index (χ1) is 11.5. The SMILES string of the molecule is Cc1nc(CN(C)C(=O)c2cc(C)n(Cc3cccs3)c2C)cs1. The maximum atomic E-state index is 12.8. The van der Waals surface area contributed by atoms with E-state index in [-0.39, 0.29) is 5.91 Å². The van der Waals surface area contributed by atoms with E-state index in [0.717, 1.165) is 34.2 Å². The molecule has 3 heterocycles. The third kappa shape index (κ3) is 3.44. The summed E-state index contributed by atoms with van der Waals surface area (Å²) in [5.74, 6) is 0.0474. The van der Waals surface area contributed by atoms with Crippen LogP contribution in [0.2, 0.25) is 0 Å². The number of aromatic nitrogens is 2. The molecule has 0 N–H and O–H groups in total. The number of hydrogen-bond donors (Lipinski definition) is 0. The highest BCUT2D eigenvalue weighted by Crippen LogP contribution is 2.21. The molecule has 0 atom stereocenters. The average molecular weight is 360 g/mol. The molecule has 0 bridgehead atoms. The smallest absolute Gasteiger partial charge is 0.255 e. The van der Waals surface area contributed by atoms with Crippen molar-refractivity contribution in [2.45, 2.75) is 33.9 Å². The van der Waals surface area contributed by atoms with Crippen molar-refractivity contribution in [2.75, 3.05) is 7.05 Å². The molecule has 0 aliphatic rings. The van der Waals surface area contributed by atoms with Crippen molar-refractivity contribution in [3.05, 3.63) is 61.5 Å². The van der Waals surface area contributed by atoms with Gasteiger partial charge >= 0.3 is 0 Å². The number of hydrogen-bond acceptors (Lipinski definition) is 4. The topological polar surface area (TPSA) is 38.1 Å². The Morgan fingerprint density at radius 1 is 1.29 bits per heavy atom. The molecule has 0 aliphatic heterocycles. The van der Waals surface area contributed by atoms with Gasteiger partial charge in [-0.05, 0) is 38.3 Å². The summed E-state index contributed by atoms with van der Waals surface area (Å²) in [5.41, 5.74) is 3.86. The maximum absolute atomic E-state index is 12.8. The van der Waals surface area contributed by atoms with E-state index in [0.29, 0.717) is 6.54 Å². The van der Waals surface area contributed by atoms with E-state index in [2.05, 4.69) is 34.0 Å². The van der Waals surface area contributed by atoms with Gasteiger partial charge in [-0.2, -0.15) is 0 Å². The maximum Gasteiger partial charge on any atom is 0.255 e. The van der Waals surface area contributed by atoms with Crippen molar-refractivity contribution in [2.24, 2.45) is 0 Å². The first-order valence-electron chi connectivity index (χ1n) is 7.81. The fourth-order valence-electron chi connectivity index (χ4n) is 2.82. The van der Waals surface area contributed by atoms with Crippen LogP contribution < -0.4 is 0 Å². The van der Waals surface area contributed by atoms with Crippen molar-refractivity contribution in [1.82, 2.24) is 14.5 Å². The zero-order valence-corrected chi connectivity index (χ0v) is 16.0. The van der Waals surface area contributed by atoms with Gasteiger partial charge in [-0.1, -0.05) is 6.07 Å². The summed E-state index contributed by atoms with van der Waals surface area (Å²) < 4.78 is 2.21. The van der Waals surface area contributed by atoms with Crippen LogP contribution in [0, 0.1) is 20.8 Å². The van der Waals surface area contributed by atoms with E-state index in [4.69, 9.17) is 0 Å². The van der Waals surface area contributed by atoms with Gasteiger partial charge in [-0.25, -0.2) is 4.98 Å².